The molecule has 0 aliphatic carbocycles. The van der Waals surface area contributed by atoms with Crippen molar-refractivity contribution in [2.75, 3.05) is 31.1 Å². The monoisotopic (exact) mass is 244 g/mol. The van der Waals surface area contributed by atoms with Gasteiger partial charge in [-0.2, -0.15) is 0 Å². The summed E-state index contributed by atoms with van der Waals surface area (Å²) in [5.41, 5.74) is 3.61. The lowest BCUT2D eigenvalue weighted by molar-refractivity contribution is 0.724. The predicted octanol–water partition coefficient (Wildman–Crippen LogP) is 1.92. The molecule has 4 heteroatoms. The molecule has 1 saturated heterocycles. The number of H-pyrrole nitrogens is 1. The van der Waals surface area contributed by atoms with Crippen LogP contribution in [0.25, 0.3) is 11.0 Å². The summed E-state index contributed by atoms with van der Waals surface area (Å²) < 4.78 is 0. The van der Waals surface area contributed by atoms with Crippen LogP contribution in [0.15, 0.2) is 18.2 Å². The summed E-state index contributed by atoms with van der Waals surface area (Å²) in [6, 6.07) is 6.38. The molecule has 2 N–H and O–H groups in total. The summed E-state index contributed by atoms with van der Waals surface area (Å²) in [4.78, 5) is 10.6. The first-order valence-electron chi connectivity index (χ1n) is 6.82. The molecule has 3 rings (SSSR count). The van der Waals surface area contributed by atoms with E-state index in [9.17, 15) is 0 Å². The summed E-state index contributed by atoms with van der Waals surface area (Å²) in [7, 11) is 0. The van der Waals surface area contributed by atoms with Crippen molar-refractivity contribution in [3.8, 4) is 0 Å². The molecule has 2 aromatic rings. The highest BCUT2D eigenvalue weighted by Crippen LogP contribution is 2.21. The van der Waals surface area contributed by atoms with Gasteiger partial charge in [-0.3, -0.25) is 0 Å². The average Bonchev–Trinajstić information content (AvgIpc) is 2.65. The van der Waals surface area contributed by atoms with E-state index in [2.05, 4.69) is 40.3 Å². The van der Waals surface area contributed by atoms with E-state index < -0.39 is 0 Å². The standard InChI is InChI=1S/C14H20N4/c1-2-11-5-3-6-12-13(11)17-14(16-12)18-9-4-7-15-8-10-18/h3,5-6,15H,2,4,7-10H2,1H3,(H,16,17). The van der Waals surface area contributed by atoms with Crippen molar-refractivity contribution >= 4 is 17.0 Å². The molecule has 0 amide bonds. The normalized spacial score (nSPS) is 17.1. The van der Waals surface area contributed by atoms with Crippen LogP contribution >= 0.6 is 0 Å². The molecule has 0 unspecified atom stereocenters. The van der Waals surface area contributed by atoms with Gasteiger partial charge in [0.2, 0.25) is 5.95 Å². The van der Waals surface area contributed by atoms with Gasteiger partial charge in [0.25, 0.3) is 0 Å². The Bertz CT molecular complexity index is 524. The lowest BCUT2D eigenvalue weighted by atomic mass is 10.1. The van der Waals surface area contributed by atoms with Gasteiger partial charge in [0.05, 0.1) is 11.0 Å². The maximum atomic E-state index is 4.79. The number of anilines is 1. The molecular formula is C14H20N4. The Morgan fingerprint density at radius 2 is 2.22 bits per heavy atom. The summed E-state index contributed by atoms with van der Waals surface area (Å²) >= 11 is 0. The summed E-state index contributed by atoms with van der Waals surface area (Å²) in [6.07, 6.45) is 2.21. The number of aromatic amines is 1. The van der Waals surface area contributed by atoms with Gasteiger partial charge in [-0.05, 0) is 31.0 Å². The van der Waals surface area contributed by atoms with E-state index in [4.69, 9.17) is 4.98 Å². The number of aryl methyl sites for hydroxylation is 1. The van der Waals surface area contributed by atoms with Crippen molar-refractivity contribution in [1.82, 2.24) is 15.3 Å². The number of nitrogens with zero attached hydrogens (tertiary/aromatic N) is 2. The van der Waals surface area contributed by atoms with Gasteiger partial charge in [0.1, 0.15) is 0 Å². The molecule has 0 spiro atoms. The molecule has 1 aliphatic rings. The number of rotatable bonds is 2. The zero-order chi connectivity index (χ0) is 12.4. The van der Waals surface area contributed by atoms with Crippen molar-refractivity contribution in [3.63, 3.8) is 0 Å². The number of imidazole rings is 1. The molecule has 18 heavy (non-hydrogen) atoms. The summed E-state index contributed by atoms with van der Waals surface area (Å²) in [6.45, 7) is 6.43. The number of para-hydroxylation sites is 1. The smallest absolute Gasteiger partial charge is 0.203 e. The van der Waals surface area contributed by atoms with Gasteiger partial charge in [0.15, 0.2) is 0 Å². The lowest BCUT2D eigenvalue weighted by Crippen LogP contribution is -2.28. The van der Waals surface area contributed by atoms with Crippen LogP contribution in [0, 0.1) is 0 Å². The first-order valence-corrected chi connectivity index (χ1v) is 6.82. The molecule has 1 aromatic heterocycles. The number of fused-ring (bicyclic) bond motifs is 1. The molecule has 0 bridgehead atoms. The SMILES string of the molecule is CCc1cccc2[nH]c(N3CCCNCC3)nc12. The van der Waals surface area contributed by atoms with Crippen LogP contribution in [0.4, 0.5) is 5.95 Å². The number of benzene rings is 1. The number of aromatic nitrogens is 2. The van der Waals surface area contributed by atoms with Crippen LogP contribution in [0.1, 0.15) is 18.9 Å². The van der Waals surface area contributed by atoms with E-state index in [-0.39, 0.29) is 0 Å². The van der Waals surface area contributed by atoms with Gasteiger partial charge in [-0.1, -0.05) is 19.1 Å². The Morgan fingerprint density at radius 1 is 1.28 bits per heavy atom. The van der Waals surface area contributed by atoms with Gasteiger partial charge >= 0.3 is 0 Å². The number of nitrogens with one attached hydrogen (secondary N) is 2. The van der Waals surface area contributed by atoms with Crippen LogP contribution in [0.2, 0.25) is 0 Å². The minimum atomic E-state index is 1.02. The largest absolute Gasteiger partial charge is 0.341 e. The topological polar surface area (TPSA) is 44.0 Å². The second kappa shape index (κ2) is 4.98. The van der Waals surface area contributed by atoms with Gasteiger partial charge < -0.3 is 15.2 Å². The Hall–Kier alpha value is -1.55. The van der Waals surface area contributed by atoms with Crippen molar-refractivity contribution in [2.24, 2.45) is 0 Å². The van der Waals surface area contributed by atoms with Gasteiger partial charge in [-0.15, -0.1) is 0 Å². The molecule has 0 radical (unpaired) electrons. The van der Waals surface area contributed by atoms with E-state index in [1.807, 2.05) is 0 Å². The van der Waals surface area contributed by atoms with Crippen LogP contribution in [-0.2, 0) is 6.42 Å². The molecular weight excluding hydrogens is 224 g/mol. The molecule has 4 nitrogen and oxygen atoms in total. The maximum absolute atomic E-state index is 4.79. The molecule has 1 aromatic carbocycles. The Kier molecular flexibility index (Phi) is 3.19. The van der Waals surface area contributed by atoms with Crippen LogP contribution in [0.5, 0.6) is 0 Å². The fourth-order valence-electron chi connectivity index (χ4n) is 2.57. The Labute approximate surface area is 107 Å². The third-order valence-electron chi connectivity index (χ3n) is 3.60. The second-order valence-electron chi connectivity index (χ2n) is 4.82. The van der Waals surface area contributed by atoms with Gasteiger partial charge in [0, 0.05) is 19.6 Å². The highest BCUT2D eigenvalue weighted by molar-refractivity contribution is 5.81. The zero-order valence-corrected chi connectivity index (χ0v) is 10.9. The van der Waals surface area contributed by atoms with E-state index >= 15 is 0 Å². The zero-order valence-electron chi connectivity index (χ0n) is 10.9. The average molecular weight is 244 g/mol. The third-order valence-corrected chi connectivity index (χ3v) is 3.60. The Balaban J connectivity index is 1.96. The molecule has 1 fully saturated rings. The highest BCUT2D eigenvalue weighted by Gasteiger charge is 2.14. The lowest BCUT2D eigenvalue weighted by Gasteiger charge is -2.18. The van der Waals surface area contributed by atoms with E-state index in [0.29, 0.717) is 0 Å². The molecule has 0 saturated carbocycles. The maximum Gasteiger partial charge on any atom is 0.203 e. The van der Waals surface area contributed by atoms with Crippen LogP contribution < -0.4 is 10.2 Å². The first kappa shape index (κ1) is 11.5. The minimum Gasteiger partial charge on any atom is -0.341 e. The second-order valence-corrected chi connectivity index (χ2v) is 4.82. The highest BCUT2D eigenvalue weighted by atomic mass is 15.3. The van der Waals surface area contributed by atoms with Crippen molar-refractivity contribution in [3.05, 3.63) is 23.8 Å². The van der Waals surface area contributed by atoms with E-state index in [1.165, 1.54) is 12.0 Å². The Morgan fingerprint density at radius 3 is 3.11 bits per heavy atom. The van der Waals surface area contributed by atoms with Crippen LogP contribution in [0.3, 0.4) is 0 Å². The number of hydrogen-bond acceptors (Lipinski definition) is 3. The third kappa shape index (κ3) is 2.08. The fourth-order valence-corrected chi connectivity index (χ4v) is 2.57. The number of hydrogen-bond donors (Lipinski definition) is 2. The van der Waals surface area contributed by atoms with Crippen LogP contribution in [-0.4, -0.2) is 36.1 Å². The summed E-state index contributed by atoms with van der Waals surface area (Å²) in [5, 5.41) is 3.42. The van der Waals surface area contributed by atoms with Gasteiger partial charge in [-0.25, -0.2) is 4.98 Å². The fraction of sp³-hybridized carbons (Fsp3) is 0.500. The van der Waals surface area contributed by atoms with Crippen molar-refractivity contribution in [2.45, 2.75) is 19.8 Å². The van der Waals surface area contributed by atoms with E-state index in [1.54, 1.807) is 0 Å². The molecule has 1 aliphatic heterocycles. The molecule has 96 valence electrons. The minimum absolute atomic E-state index is 1.02. The quantitative estimate of drug-likeness (QED) is 0.848. The summed E-state index contributed by atoms with van der Waals surface area (Å²) in [5.74, 6) is 1.02. The van der Waals surface area contributed by atoms with Crippen molar-refractivity contribution in [1.29, 1.82) is 0 Å². The van der Waals surface area contributed by atoms with Crippen molar-refractivity contribution < 1.29 is 0 Å². The predicted molar refractivity (Wildman–Crippen MR) is 75.2 cm³/mol. The first-order chi connectivity index (χ1) is 8.88. The molecule has 2 heterocycles. The molecule has 0 atom stereocenters. The van der Waals surface area contributed by atoms with E-state index in [0.717, 1.165) is 49.6 Å².